The molecule has 0 spiro atoms. The van der Waals surface area contributed by atoms with Gasteiger partial charge in [-0.3, -0.25) is 0 Å². The lowest BCUT2D eigenvalue weighted by molar-refractivity contribution is 0.350. The highest BCUT2D eigenvalue weighted by Crippen LogP contribution is 2.19. The predicted molar refractivity (Wildman–Crippen MR) is 80.7 cm³/mol. The lowest BCUT2D eigenvalue weighted by Gasteiger charge is -2.22. The molecule has 102 valence electrons. The molecule has 18 heavy (non-hydrogen) atoms. The summed E-state index contributed by atoms with van der Waals surface area (Å²) in [5.41, 5.74) is 7.77. The van der Waals surface area contributed by atoms with Gasteiger partial charge in [0.25, 0.3) is 0 Å². The average molecular weight is 247 g/mol. The van der Waals surface area contributed by atoms with Gasteiger partial charge >= 0.3 is 0 Å². The van der Waals surface area contributed by atoms with Crippen LogP contribution in [0.25, 0.3) is 0 Å². The maximum absolute atomic E-state index is 6.33. The minimum absolute atomic E-state index is 0.394. The second-order valence-electron chi connectivity index (χ2n) is 5.35. The lowest BCUT2D eigenvalue weighted by atomic mass is 9.88. The predicted octanol–water partition coefficient (Wildman–Crippen LogP) is 4.55. The van der Waals surface area contributed by atoms with Crippen molar-refractivity contribution in [3.05, 3.63) is 35.9 Å². The van der Waals surface area contributed by atoms with Gasteiger partial charge in [-0.05, 0) is 37.2 Å². The zero-order valence-electron chi connectivity index (χ0n) is 12.1. The molecule has 0 aliphatic heterocycles. The second-order valence-corrected chi connectivity index (χ2v) is 5.35. The van der Waals surface area contributed by atoms with E-state index in [9.17, 15) is 0 Å². The number of unbranched alkanes of at least 4 members (excludes halogenated alkanes) is 1. The fourth-order valence-corrected chi connectivity index (χ4v) is 2.61. The Kier molecular flexibility index (Phi) is 7.75. The van der Waals surface area contributed by atoms with E-state index in [2.05, 4.69) is 44.2 Å². The van der Waals surface area contributed by atoms with Gasteiger partial charge in [0.2, 0.25) is 0 Å². The van der Waals surface area contributed by atoms with E-state index in [-0.39, 0.29) is 0 Å². The van der Waals surface area contributed by atoms with Gasteiger partial charge in [-0.15, -0.1) is 0 Å². The molecule has 0 aromatic heterocycles. The van der Waals surface area contributed by atoms with Gasteiger partial charge in [0.15, 0.2) is 0 Å². The molecule has 0 bridgehead atoms. The van der Waals surface area contributed by atoms with Crippen LogP contribution in [0, 0.1) is 5.92 Å². The third-order valence-corrected chi connectivity index (χ3v) is 3.90. The van der Waals surface area contributed by atoms with Crippen LogP contribution in [0.3, 0.4) is 0 Å². The van der Waals surface area contributed by atoms with Gasteiger partial charge in [-0.1, -0.05) is 63.4 Å². The summed E-state index contributed by atoms with van der Waals surface area (Å²) in [7, 11) is 0. The summed E-state index contributed by atoms with van der Waals surface area (Å²) in [4.78, 5) is 0. The van der Waals surface area contributed by atoms with E-state index < -0.39 is 0 Å². The van der Waals surface area contributed by atoms with Gasteiger partial charge in [0.1, 0.15) is 0 Å². The zero-order valence-corrected chi connectivity index (χ0v) is 12.1. The first-order chi connectivity index (χ1) is 8.77. The Morgan fingerprint density at radius 1 is 1.00 bits per heavy atom. The van der Waals surface area contributed by atoms with Crippen molar-refractivity contribution >= 4 is 0 Å². The van der Waals surface area contributed by atoms with Gasteiger partial charge in [0.05, 0.1) is 0 Å². The summed E-state index contributed by atoms with van der Waals surface area (Å²) < 4.78 is 0. The first kappa shape index (κ1) is 15.2. The molecular formula is C17H29N. The first-order valence-electron chi connectivity index (χ1n) is 7.57. The number of hydrogen-bond acceptors (Lipinski definition) is 1. The van der Waals surface area contributed by atoms with Crippen molar-refractivity contribution in [3.63, 3.8) is 0 Å². The highest BCUT2D eigenvalue weighted by molar-refractivity contribution is 5.14. The van der Waals surface area contributed by atoms with Crippen LogP contribution in [0.15, 0.2) is 30.3 Å². The largest absolute Gasteiger partial charge is 0.327 e. The van der Waals surface area contributed by atoms with Crippen molar-refractivity contribution < 1.29 is 0 Å². The molecule has 1 heteroatoms. The third-order valence-electron chi connectivity index (χ3n) is 3.90. The average Bonchev–Trinajstić information content (AvgIpc) is 2.41. The van der Waals surface area contributed by atoms with Crippen LogP contribution in [0.2, 0.25) is 0 Å². The quantitative estimate of drug-likeness (QED) is 0.680. The molecule has 0 aliphatic rings. The summed E-state index contributed by atoms with van der Waals surface area (Å²) in [5.74, 6) is 0.723. The molecule has 0 radical (unpaired) electrons. The van der Waals surface area contributed by atoms with Gasteiger partial charge < -0.3 is 5.73 Å². The van der Waals surface area contributed by atoms with Crippen LogP contribution in [0.5, 0.6) is 0 Å². The topological polar surface area (TPSA) is 26.0 Å². The standard InChI is InChI=1S/C17H29N/c1-3-5-13-16(4-2)17(18)14-9-12-15-10-7-6-8-11-15/h6-8,10-11,16-17H,3-5,9,12-14,18H2,1-2H3. The Labute approximate surface area is 113 Å². The molecule has 0 aliphatic carbocycles. The molecule has 2 N–H and O–H groups in total. The van der Waals surface area contributed by atoms with E-state index >= 15 is 0 Å². The molecule has 0 fully saturated rings. The maximum atomic E-state index is 6.33. The fourth-order valence-electron chi connectivity index (χ4n) is 2.61. The smallest absolute Gasteiger partial charge is 0.00671 e. The Morgan fingerprint density at radius 3 is 2.33 bits per heavy atom. The van der Waals surface area contributed by atoms with Crippen molar-refractivity contribution in [1.82, 2.24) is 0 Å². The first-order valence-corrected chi connectivity index (χ1v) is 7.57. The van der Waals surface area contributed by atoms with Crippen LogP contribution >= 0.6 is 0 Å². The zero-order chi connectivity index (χ0) is 13.2. The normalized spacial score (nSPS) is 14.4. The summed E-state index contributed by atoms with van der Waals surface area (Å²) in [6.07, 6.45) is 8.69. The molecule has 1 aromatic rings. The highest BCUT2D eigenvalue weighted by Gasteiger charge is 2.14. The number of hydrogen-bond donors (Lipinski definition) is 1. The van der Waals surface area contributed by atoms with Crippen LogP contribution in [0.4, 0.5) is 0 Å². The summed E-state index contributed by atoms with van der Waals surface area (Å²) in [5, 5.41) is 0. The number of aryl methyl sites for hydroxylation is 1. The minimum atomic E-state index is 0.394. The van der Waals surface area contributed by atoms with Gasteiger partial charge in [0, 0.05) is 6.04 Å². The molecule has 2 atom stereocenters. The second kappa shape index (κ2) is 9.16. The van der Waals surface area contributed by atoms with Crippen LogP contribution in [-0.4, -0.2) is 6.04 Å². The third kappa shape index (κ3) is 5.68. The highest BCUT2D eigenvalue weighted by atomic mass is 14.6. The molecular weight excluding hydrogens is 218 g/mol. The molecule has 1 aromatic carbocycles. The van der Waals surface area contributed by atoms with E-state index in [1.54, 1.807) is 0 Å². The Hall–Kier alpha value is -0.820. The number of rotatable bonds is 9. The minimum Gasteiger partial charge on any atom is -0.327 e. The van der Waals surface area contributed by atoms with Crippen molar-refractivity contribution in [2.24, 2.45) is 11.7 Å². The molecule has 0 amide bonds. The van der Waals surface area contributed by atoms with Gasteiger partial charge in [-0.25, -0.2) is 0 Å². The molecule has 2 unspecified atom stereocenters. The van der Waals surface area contributed by atoms with Crippen LogP contribution < -0.4 is 5.73 Å². The summed E-state index contributed by atoms with van der Waals surface area (Å²) in [6.45, 7) is 4.53. The molecule has 1 nitrogen and oxygen atoms in total. The van der Waals surface area contributed by atoms with Crippen molar-refractivity contribution in [2.75, 3.05) is 0 Å². The Balaban J connectivity index is 2.24. The molecule has 0 saturated carbocycles. The van der Waals surface area contributed by atoms with Crippen molar-refractivity contribution in [2.45, 2.75) is 64.8 Å². The van der Waals surface area contributed by atoms with Gasteiger partial charge in [-0.2, -0.15) is 0 Å². The van der Waals surface area contributed by atoms with Crippen LogP contribution in [-0.2, 0) is 6.42 Å². The SMILES string of the molecule is CCCCC(CC)C(N)CCCc1ccccc1. The number of benzene rings is 1. The summed E-state index contributed by atoms with van der Waals surface area (Å²) >= 11 is 0. The Bertz CT molecular complexity index is 294. The molecule has 0 heterocycles. The number of nitrogens with two attached hydrogens (primary N) is 1. The van der Waals surface area contributed by atoms with E-state index in [0.29, 0.717) is 6.04 Å². The monoisotopic (exact) mass is 247 g/mol. The molecule has 0 saturated heterocycles. The van der Waals surface area contributed by atoms with E-state index in [1.807, 2.05) is 0 Å². The Morgan fingerprint density at radius 2 is 1.72 bits per heavy atom. The van der Waals surface area contributed by atoms with E-state index in [1.165, 1.54) is 44.1 Å². The van der Waals surface area contributed by atoms with Crippen LogP contribution in [0.1, 0.15) is 57.9 Å². The molecule has 1 rings (SSSR count). The van der Waals surface area contributed by atoms with Crippen molar-refractivity contribution in [3.8, 4) is 0 Å². The maximum Gasteiger partial charge on any atom is 0.00671 e. The van der Waals surface area contributed by atoms with Crippen molar-refractivity contribution in [1.29, 1.82) is 0 Å². The summed E-state index contributed by atoms with van der Waals surface area (Å²) in [6, 6.07) is 11.1. The fraction of sp³-hybridized carbons (Fsp3) is 0.647. The van der Waals surface area contributed by atoms with E-state index in [4.69, 9.17) is 5.73 Å². The lowest BCUT2D eigenvalue weighted by Crippen LogP contribution is -2.29. The van der Waals surface area contributed by atoms with E-state index in [0.717, 1.165) is 12.3 Å².